The first kappa shape index (κ1) is 17.7. The zero-order valence-corrected chi connectivity index (χ0v) is 12.4. The highest BCUT2D eigenvalue weighted by Crippen LogP contribution is 2.07. The minimum Gasteiger partial charge on any atom is -0.492 e. The van der Waals surface area contributed by atoms with Crippen LogP contribution < -0.4 is 10.1 Å². The summed E-state index contributed by atoms with van der Waals surface area (Å²) in [5.41, 5.74) is 0. The predicted octanol–water partition coefficient (Wildman–Crippen LogP) is 1.95. The monoisotopic (exact) mass is 286 g/mol. The molecule has 1 aromatic rings. The molecule has 5 heteroatoms. The summed E-state index contributed by atoms with van der Waals surface area (Å²) >= 11 is 0. The molecule has 19 heavy (non-hydrogen) atoms. The molecule has 0 saturated carbocycles. The number of nitrogens with zero attached hydrogens (tertiary/aromatic N) is 1. The lowest BCUT2D eigenvalue weighted by atomic mass is 10.3. The molecule has 0 bridgehead atoms. The number of hydrogen-bond donors (Lipinski definition) is 1. The van der Waals surface area contributed by atoms with Crippen molar-refractivity contribution in [3.05, 3.63) is 30.3 Å². The van der Waals surface area contributed by atoms with Crippen LogP contribution in [0.4, 0.5) is 0 Å². The summed E-state index contributed by atoms with van der Waals surface area (Å²) in [6.07, 6.45) is 1.46. The van der Waals surface area contributed by atoms with Crippen LogP contribution in [0.25, 0.3) is 0 Å². The summed E-state index contributed by atoms with van der Waals surface area (Å²) in [5.74, 6) is 1.01. The van der Waals surface area contributed by atoms with Crippen molar-refractivity contribution in [2.45, 2.75) is 12.8 Å². The fraction of sp³-hybridized carbons (Fsp3) is 0.500. The number of amides is 1. The van der Waals surface area contributed by atoms with Gasteiger partial charge in [0.2, 0.25) is 5.91 Å². The Morgan fingerprint density at radius 2 is 2.00 bits per heavy atom. The quantitative estimate of drug-likeness (QED) is 0.743. The van der Waals surface area contributed by atoms with E-state index in [-0.39, 0.29) is 18.3 Å². The van der Waals surface area contributed by atoms with Crippen molar-refractivity contribution in [2.75, 3.05) is 33.8 Å². The molecule has 0 aliphatic heterocycles. The van der Waals surface area contributed by atoms with E-state index in [1.807, 2.05) is 44.4 Å². The van der Waals surface area contributed by atoms with Crippen LogP contribution in [0.5, 0.6) is 5.75 Å². The van der Waals surface area contributed by atoms with Crippen molar-refractivity contribution in [1.82, 2.24) is 10.2 Å². The van der Waals surface area contributed by atoms with Gasteiger partial charge in [-0.25, -0.2) is 0 Å². The van der Waals surface area contributed by atoms with E-state index in [9.17, 15) is 4.79 Å². The van der Waals surface area contributed by atoms with E-state index >= 15 is 0 Å². The zero-order chi connectivity index (χ0) is 13.2. The molecule has 0 unspecified atom stereocenters. The second-order valence-corrected chi connectivity index (χ2v) is 4.18. The van der Waals surface area contributed by atoms with Gasteiger partial charge in [-0.05, 0) is 32.1 Å². The number of likely N-dealkylation sites (N-methyl/N-ethyl adjacent to an activating group) is 1. The van der Waals surface area contributed by atoms with Gasteiger partial charge in [0.1, 0.15) is 12.4 Å². The van der Waals surface area contributed by atoms with Gasteiger partial charge in [0.15, 0.2) is 0 Å². The zero-order valence-electron chi connectivity index (χ0n) is 11.6. The lowest BCUT2D eigenvalue weighted by molar-refractivity contribution is -0.130. The standard InChI is InChI=1S/C14H22N2O2.ClH/c1-15-10-6-9-14(17)16(2)11-12-18-13-7-4-3-5-8-13;/h3-5,7-8,15H,6,9-12H2,1-2H3;1H. The van der Waals surface area contributed by atoms with Crippen molar-refractivity contribution >= 4 is 18.3 Å². The lowest BCUT2D eigenvalue weighted by Gasteiger charge is -2.17. The summed E-state index contributed by atoms with van der Waals surface area (Å²) in [5, 5.41) is 3.03. The Morgan fingerprint density at radius 1 is 1.32 bits per heavy atom. The smallest absolute Gasteiger partial charge is 0.222 e. The summed E-state index contributed by atoms with van der Waals surface area (Å²) in [6.45, 7) is 2.02. The van der Waals surface area contributed by atoms with E-state index in [1.165, 1.54) is 0 Å². The number of para-hydroxylation sites is 1. The fourth-order valence-electron chi connectivity index (χ4n) is 1.55. The highest BCUT2D eigenvalue weighted by atomic mass is 35.5. The predicted molar refractivity (Wildman–Crippen MR) is 80.0 cm³/mol. The highest BCUT2D eigenvalue weighted by Gasteiger charge is 2.07. The fourth-order valence-corrected chi connectivity index (χ4v) is 1.55. The van der Waals surface area contributed by atoms with Crippen LogP contribution in [-0.2, 0) is 4.79 Å². The first-order chi connectivity index (χ1) is 8.74. The minimum atomic E-state index is 0. The molecule has 4 nitrogen and oxygen atoms in total. The third kappa shape index (κ3) is 7.70. The van der Waals surface area contributed by atoms with Gasteiger partial charge in [-0.1, -0.05) is 18.2 Å². The first-order valence-electron chi connectivity index (χ1n) is 6.30. The molecule has 0 spiro atoms. The molecule has 0 heterocycles. The summed E-state index contributed by atoms with van der Waals surface area (Å²) in [6, 6.07) is 9.64. The number of halogens is 1. The molecular formula is C14H23ClN2O2. The average Bonchev–Trinajstić information content (AvgIpc) is 2.40. The van der Waals surface area contributed by atoms with Crippen LogP contribution in [0, 0.1) is 0 Å². The average molecular weight is 287 g/mol. The third-order valence-electron chi connectivity index (χ3n) is 2.68. The Kier molecular flexibility index (Phi) is 9.94. The Morgan fingerprint density at radius 3 is 2.63 bits per heavy atom. The number of ether oxygens (including phenoxy) is 1. The van der Waals surface area contributed by atoms with Crippen molar-refractivity contribution in [3.63, 3.8) is 0 Å². The van der Waals surface area contributed by atoms with E-state index in [0.29, 0.717) is 19.6 Å². The van der Waals surface area contributed by atoms with Crippen molar-refractivity contribution < 1.29 is 9.53 Å². The molecule has 0 aromatic heterocycles. The Bertz CT molecular complexity index is 347. The molecule has 0 aliphatic rings. The van der Waals surface area contributed by atoms with Gasteiger partial charge in [-0.2, -0.15) is 0 Å². The summed E-state index contributed by atoms with van der Waals surface area (Å²) in [7, 11) is 3.71. The van der Waals surface area contributed by atoms with Gasteiger partial charge < -0.3 is 15.0 Å². The number of nitrogens with one attached hydrogen (secondary N) is 1. The molecule has 0 fully saturated rings. The number of rotatable bonds is 8. The normalized spacial score (nSPS) is 9.58. The van der Waals surface area contributed by atoms with Crippen molar-refractivity contribution in [3.8, 4) is 5.75 Å². The minimum absolute atomic E-state index is 0. The SMILES string of the molecule is CNCCCC(=O)N(C)CCOc1ccccc1.Cl. The van der Waals surface area contributed by atoms with E-state index in [0.717, 1.165) is 18.7 Å². The van der Waals surface area contributed by atoms with Crippen molar-refractivity contribution in [2.24, 2.45) is 0 Å². The maximum absolute atomic E-state index is 11.7. The molecule has 1 rings (SSSR count). The van der Waals surface area contributed by atoms with E-state index < -0.39 is 0 Å². The molecule has 1 amide bonds. The molecular weight excluding hydrogens is 264 g/mol. The molecule has 0 aliphatic carbocycles. The maximum Gasteiger partial charge on any atom is 0.222 e. The van der Waals surface area contributed by atoms with Crippen LogP contribution in [0.2, 0.25) is 0 Å². The number of carbonyl (C=O) groups excluding carboxylic acids is 1. The summed E-state index contributed by atoms with van der Waals surface area (Å²) in [4.78, 5) is 13.4. The maximum atomic E-state index is 11.7. The number of carbonyl (C=O) groups is 1. The lowest BCUT2D eigenvalue weighted by Crippen LogP contribution is -2.31. The molecule has 0 atom stereocenters. The Balaban J connectivity index is 0.00000324. The van der Waals surface area contributed by atoms with Crippen LogP contribution in [-0.4, -0.2) is 44.6 Å². The first-order valence-corrected chi connectivity index (χ1v) is 6.30. The Hall–Kier alpha value is -1.26. The van der Waals surface area contributed by atoms with Gasteiger partial charge in [0, 0.05) is 13.5 Å². The third-order valence-corrected chi connectivity index (χ3v) is 2.68. The largest absolute Gasteiger partial charge is 0.492 e. The van der Waals surface area contributed by atoms with Crippen molar-refractivity contribution in [1.29, 1.82) is 0 Å². The van der Waals surface area contributed by atoms with E-state index in [2.05, 4.69) is 5.32 Å². The van der Waals surface area contributed by atoms with Gasteiger partial charge in [-0.3, -0.25) is 4.79 Å². The second-order valence-electron chi connectivity index (χ2n) is 4.18. The van der Waals surface area contributed by atoms with Crippen LogP contribution >= 0.6 is 12.4 Å². The van der Waals surface area contributed by atoms with Gasteiger partial charge in [0.25, 0.3) is 0 Å². The van der Waals surface area contributed by atoms with Gasteiger partial charge in [-0.15, -0.1) is 12.4 Å². The van der Waals surface area contributed by atoms with Gasteiger partial charge >= 0.3 is 0 Å². The van der Waals surface area contributed by atoms with E-state index in [1.54, 1.807) is 4.90 Å². The topological polar surface area (TPSA) is 41.6 Å². The Labute approximate surface area is 121 Å². The molecule has 0 radical (unpaired) electrons. The summed E-state index contributed by atoms with van der Waals surface area (Å²) < 4.78 is 5.55. The van der Waals surface area contributed by atoms with Crippen LogP contribution in [0.1, 0.15) is 12.8 Å². The number of hydrogen-bond acceptors (Lipinski definition) is 3. The van der Waals surface area contributed by atoms with Crippen LogP contribution in [0.15, 0.2) is 30.3 Å². The second kappa shape index (κ2) is 10.6. The molecule has 0 saturated heterocycles. The van der Waals surface area contributed by atoms with E-state index in [4.69, 9.17) is 4.74 Å². The molecule has 108 valence electrons. The highest BCUT2D eigenvalue weighted by molar-refractivity contribution is 5.85. The molecule has 1 N–H and O–H groups in total. The van der Waals surface area contributed by atoms with Gasteiger partial charge in [0.05, 0.1) is 6.54 Å². The number of benzene rings is 1. The molecule has 1 aromatic carbocycles. The van der Waals surface area contributed by atoms with Crippen LogP contribution in [0.3, 0.4) is 0 Å².